The third-order valence-electron chi connectivity index (χ3n) is 3.59. The first-order valence-electron chi connectivity index (χ1n) is 6.46. The fraction of sp³-hybridized carbons (Fsp3) is 0.250. The van der Waals surface area contributed by atoms with Gasteiger partial charge in [-0.2, -0.15) is 0 Å². The zero-order chi connectivity index (χ0) is 13.2. The molecular formula is C16H15BrClN. The molecule has 2 aromatic rings. The minimum absolute atomic E-state index is 0.585. The highest BCUT2D eigenvalue weighted by Crippen LogP contribution is 2.40. The van der Waals surface area contributed by atoms with Crippen LogP contribution < -0.4 is 5.32 Å². The average molecular weight is 337 g/mol. The van der Waals surface area contributed by atoms with Crippen molar-refractivity contribution in [3.63, 3.8) is 0 Å². The van der Waals surface area contributed by atoms with Crippen LogP contribution in [0.1, 0.15) is 23.5 Å². The molecule has 1 aliphatic carbocycles. The van der Waals surface area contributed by atoms with Crippen LogP contribution in [-0.4, -0.2) is 6.04 Å². The van der Waals surface area contributed by atoms with E-state index in [1.807, 2.05) is 12.1 Å². The summed E-state index contributed by atoms with van der Waals surface area (Å²) >= 11 is 9.64. The predicted molar refractivity (Wildman–Crippen MR) is 83.6 cm³/mol. The van der Waals surface area contributed by atoms with E-state index >= 15 is 0 Å². The van der Waals surface area contributed by atoms with E-state index in [2.05, 4.69) is 57.6 Å². The number of rotatable bonds is 4. The topological polar surface area (TPSA) is 12.0 Å². The van der Waals surface area contributed by atoms with Crippen LogP contribution in [0.3, 0.4) is 0 Å². The Bertz CT molecular complexity index is 570. The zero-order valence-corrected chi connectivity index (χ0v) is 12.8. The highest BCUT2D eigenvalue weighted by Gasteiger charge is 2.37. The Kier molecular flexibility index (Phi) is 3.92. The van der Waals surface area contributed by atoms with Crippen LogP contribution in [-0.2, 0) is 6.54 Å². The minimum Gasteiger partial charge on any atom is -0.309 e. The van der Waals surface area contributed by atoms with Crippen LogP contribution in [0.15, 0.2) is 53.0 Å². The lowest BCUT2D eigenvalue weighted by atomic mass is 10.1. The van der Waals surface area contributed by atoms with E-state index in [1.165, 1.54) is 12.0 Å². The summed E-state index contributed by atoms with van der Waals surface area (Å²) in [5, 5.41) is 4.40. The van der Waals surface area contributed by atoms with E-state index in [4.69, 9.17) is 11.6 Å². The standard InChI is InChI=1S/C16H15BrClN/c17-13-7-6-12(15(18)8-13)10-19-16-9-14(16)11-4-2-1-3-5-11/h1-8,14,16,19H,9-10H2. The molecule has 0 bridgehead atoms. The Balaban J connectivity index is 1.57. The maximum atomic E-state index is 6.22. The molecule has 0 spiro atoms. The molecule has 0 heterocycles. The Morgan fingerprint density at radius 3 is 2.68 bits per heavy atom. The lowest BCUT2D eigenvalue weighted by Gasteiger charge is -2.07. The van der Waals surface area contributed by atoms with Gasteiger partial charge in [-0.25, -0.2) is 0 Å². The van der Waals surface area contributed by atoms with Crippen LogP contribution >= 0.6 is 27.5 Å². The summed E-state index contributed by atoms with van der Waals surface area (Å²) < 4.78 is 1.02. The number of nitrogens with one attached hydrogen (secondary N) is 1. The van der Waals surface area contributed by atoms with Crippen LogP contribution in [0.4, 0.5) is 0 Å². The van der Waals surface area contributed by atoms with Crippen LogP contribution in [0, 0.1) is 0 Å². The van der Waals surface area contributed by atoms with Crippen molar-refractivity contribution in [2.45, 2.75) is 24.9 Å². The Labute approximate surface area is 127 Å². The van der Waals surface area contributed by atoms with Crippen molar-refractivity contribution in [2.75, 3.05) is 0 Å². The molecule has 2 aromatic carbocycles. The molecule has 0 radical (unpaired) electrons. The van der Waals surface area contributed by atoms with Gasteiger partial charge < -0.3 is 5.32 Å². The fourth-order valence-electron chi connectivity index (χ4n) is 2.40. The fourth-order valence-corrected chi connectivity index (χ4v) is 3.14. The second kappa shape index (κ2) is 5.66. The maximum absolute atomic E-state index is 6.22. The molecule has 1 nitrogen and oxygen atoms in total. The summed E-state index contributed by atoms with van der Waals surface area (Å²) in [5.41, 5.74) is 2.59. The van der Waals surface area contributed by atoms with Crippen molar-refractivity contribution >= 4 is 27.5 Å². The summed E-state index contributed by atoms with van der Waals surface area (Å²) in [6.45, 7) is 0.833. The van der Waals surface area contributed by atoms with Crippen molar-refractivity contribution in [2.24, 2.45) is 0 Å². The molecular weight excluding hydrogens is 322 g/mol. The number of benzene rings is 2. The minimum atomic E-state index is 0.585. The largest absolute Gasteiger partial charge is 0.309 e. The van der Waals surface area contributed by atoms with Gasteiger partial charge in [-0.1, -0.05) is 63.9 Å². The highest BCUT2D eigenvalue weighted by molar-refractivity contribution is 9.10. The normalized spacial score (nSPS) is 21.4. The van der Waals surface area contributed by atoms with Gasteiger partial charge in [0.1, 0.15) is 0 Å². The van der Waals surface area contributed by atoms with E-state index in [9.17, 15) is 0 Å². The van der Waals surface area contributed by atoms with Gasteiger partial charge in [0.2, 0.25) is 0 Å². The van der Waals surface area contributed by atoms with Gasteiger partial charge in [-0.3, -0.25) is 0 Å². The Hall–Kier alpha value is -0.830. The third kappa shape index (κ3) is 3.19. The molecule has 1 aliphatic rings. The average Bonchev–Trinajstić information content (AvgIpc) is 3.18. The Morgan fingerprint density at radius 2 is 1.95 bits per heavy atom. The first-order chi connectivity index (χ1) is 9.24. The van der Waals surface area contributed by atoms with Gasteiger partial charge in [0, 0.05) is 28.0 Å². The number of hydrogen-bond donors (Lipinski definition) is 1. The summed E-state index contributed by atoms with van der Waals surface area (Å²) in [6.07, 6.45) is 1.22. The summed E-state index contributed by atoms with van der Waals surface area (Å²) in [6, 6.07) is 17.3. The molecule has 19 heavy (non-hydrogen) atoms. The monoisotopic (exact) mass is 335 g/mol. The number of halogens is 2. The van der Waals surface area contributed by atoms with Gasteiger partial charge in [0.25, 0.3) is 0 Å². The number of hydrogen-bond acceptors (Lipinski definition) is 1. The molecule has 3 heteroatoms. The molecule has 2 unspecified atom stereocenters. The molecule has 0 amide bonds. The molecule has 0 aliphatic heterocycles. The van der Waals surface area contributed by atoms with Gasteiger partial charge in [0.15, 0.2) is 0 Å². The summed E-state index contributed by atoms with van der Waals surface area (Å²) in [5.74, 6) is 0.662. The van der Waals surface area contributed by atoms with Crippen LogP contribution in [0.2, 0.25) is 5.02 Å². The highest BCUT2D eigenvalue weighted by atomic mass is 79.9. The third-order valence-corrected chi connectivity index (χ3v) is 4.43. The molecule has 98 valence electrons. The van der Waals surface area contributed by atoms with Crippen molar-refractivity contribution < 1.29 is 0 Å². The first kappa shape index (κ1) is 13.2. The van der Waals surface area contributed by atoms with E-state index in [1.54, 1.807) is 0 Å². The second-order valence-electron chi connectivity index (χ2n) is 4.98. The quantitative estimate of drug-likeness (QED) is 0.849. The molecule has 3 rings (SSSR count). The molecule has 0 saturated heterocycles. The molecule has 0 aromatic heterocycles. The molecule has 1 N–H and O–H groups in total. The molecule has 1 saturated carbocycles. The molecule has 1 fully saturated rings. The van der Waals surface area contributed by atoms with Crippen LogP contribution in [0.5, 0.6) is 0 Å². The smallest absolute Gasteiger partial charge is 0.0462 e. The van der Waals surface area contributed by atoms with E-state index in [-0.39, 0.29) is 0 Å². The lowest BCUT2D eigenvalue weighted by Crippen LogP contribution is -2.17. The van der Waals surface area contributed by atoms with Gasteiger partial charge >= 0.3 is 0 Å². The predicted octanol–water partition coefficient (Wildman–Crippen LogP) is 4.75. The first-order valence-corrected chi connectivity index (χ1v) is 7.63. The van der Waals surface area contributed by atoms with Crippen molar-refractivity contribution in [3.05, 3.63) is 69.2 Å². The molecule has 2 atom stereocenters. The second-order valence-corrected chi connectivity index (χ2v) is 6.30. The van der Waals surface area contributed by atoms with Crippen molar-refractivity contribution in [3.8, 4) is 0 Å². The van der Waals surface area contributed by atoms with Crippen molar-refractivity contribution in [1.29, 1.82) is 0 Å². The van der Waals surface area contributed by atoms with Gasteiger partial charge in [-0.05, 0) is 29.7 Å². The van der Waals surface area contributed by atoms with Gasteiger partial charge in [0.05, 0.1) is 0 Å². The summed E-state index contributed by atoms with van der Waals surface area (Å²) in [7, 11) is 0. The summed E-state index contributed by atoms with van der Waals surface area (Å²) in [4.78, 5) is 0. The van der Waals surface area contributed by atoms with E-state index in [0.717, 1.165) is 21.6 Å². The van der Waals surface area contributed by atoms with E-state index in [0.29, 0.717) is 12.0 Å². The lowest BCUT2D eigenvalue weighted by molar-refractivity contribution is 0.673. The van der Waals surface area contributed by atoms with Crippen LogP contribution in [0.25, 0.3) is 0 Å². The maximum Gasteiger partial charge on any atom is 0.0462 e. The van der Waals surface area contributed by atoms with Gasteiger partial charge in [-0.15, -0.1) is 0 Å². The SMILES string of the molecule is Clc1cc(Br)ccc1CNC1CC1c1ccccc1. The Morgan fingerprint density at radius 1 is 1.16 bits per heavy atom. The zero-order valence-electron chi connectivity index (χ0n) is 10.4. The van der Waals surface area contributed by atoms with E-state index < -0.39 is 0 Å². The van der Waals surface area contributed by atoms with Crippen molar-refractivity contribution in [1.82, 2.24) is 5.32 Å².